The van der Waals surface area contributed by atoms with Gasteiger partial charge in [-0.05, 0) is 11.3 Å². The number of nitrogens with zero attached hydrogens (tertiary/aromatic N) is 3. The Hall–Kier alpha value is -1.65. The molecule has 5 nitrogen and oxygen atoms in total. The topological polar surface area (TPSA) is 59.9 Å². The molecule has 2 heterocycles. The van der Waals surface area contributed by atoms with Crippen LogP contribution in [0.5, 0.6) is 5.75 Å². The highest BCUT2D eigenvalue weighted by molar-refractivity contribution is 5.52. The SMILES string of the molecule is C1=Cc2nnncc2ON1. The number of hydrogen-bond acceptors (Lipinski definition) is 5. The minimum absolute atomic E-state index is 0.595. The van der Waals surface area contributed by atoms with Crippen LogP contribution in [0.3, 0.4) is 0 Å². The van der Waals surface area contributed by atoms with Gasteiger partial charge in [0, 0.05) is 6.20 Å². The summed E-state index contributed by atoms with van der Waals surface area (Å²) in [6.45, 7) is 0. The van der Waals surface area contributed by atoms with Crippen molar-refractivity contribution in [1.82, 2.24) is 20.9 Å². The molecule has 0 aromatic carbocycles. The van der Waals surface area contributed by atoms with Crippen molar-refractivity contribution in [2.75, 3.05) is 0 Å². The molecule has 0 radical (unpaired) electrons. The average molecular weight is 136 g/mol. The number of hydrogen-bond donors (Lipinski definition) is 1. The van der Waals surface area contributed by atoms with Crippen molar-refractivity contribution in [3.05, 3.63) is 18.1 Å². The van der Waals surface area contributed by atoms with Gasteiger partial charge in [0.25, 0.3) is 0 Å². The molecule has 0 unspecified atom stereocenters. The molecule has 1 aromatic heterocycles. The predicted molar refractivity (Wildman–Crippen MR) is 32.6 cm³/mol. The van der Waals surface area contributed by atoms with Gasteiger partial charge in [-0.2, -0.15) is 0 Å². The van der Waals surface area contributed by atoms with Gasteiger partial charge in [-0.3, -0.25) is 0 Å². The normalized spacial score (nSPS) is 13.2. The van der Waals surface area contributed by atoms with Crippen molar-refractivity contribution in [3.8, 4) is 5.75 Å². The summed E-state index contributed by atoms with van der Waals surface area (Å²) in [4.78, 5) is 4.92. The van der Waals surface area contributed by atoms with E-state index in [1.54, 1.807) is 12.3 Å². The molecule has 10 heavy (non-hydrogen) atoms. The van der Waals surface area contributed by atoms with Crippen LogP contribution in [-0.4, -0.2) is 15.4 Å². The zero-order valence-electron chi connectivity index (χ0n) is 4.98. The molecule has 0 amide bonds. The largest absolute Gasteiger partial charge is 0.379 e. The van der Waals surface area contributed by atoms with E-state index in [2.05, 4.69) is 20.9 Å². The monoisotopic (exact) mass is 136 g/mol. The van der Waals surface area contributed by atoms with Crippen LogP contribution in [0.2, 0.25) is 0 Å². The highest BCUT2D eigenvalue weighted by atomic mass is 16.6. The molecular weight excluding hydrogens is 132 g/mol. The molecule has 1 N–H and O–H groups in total. The highest BCUT2D eigenvalue weighted by Crippen LogP contribution is 2.15. The minimum Gasteiger partial charge on any atom is -0.379 e. The van der Waals surface area contributed by atoms with Crippen LogP contribution >= 0.6 is 0 Å². The fourth-order valence-electron chi connectivity index (χ4n) is 0.672. The molecule has 0 spiro atoms. The van der Waals surface area contributed by atoms with Crippen molar-refractivity contribution in [2.45, 2.75) is 0 Å². The first-order chi connectivity index (χ1) is 4.97. The van der Waals surface area contributed by atoms with Crippen LogP contribution < -0.4 is 10.3 Å². The molecule has 0 aliphatic carbocycles. The van der Waals surface area contributed by atoms with Gasteiger partial charge >= 0.3 is 0 Å². The molecule has 0 saturated heterocycles. The van der Waals surface area contributed by atoms with Gasteiger partial charge in [-0.1, -0.05) is 0 Å². The third kappa shape index (κ3) is 0.680. The zero-order chi connectivity index (χ0) is 6.81. The van der Waals surface area contributed by atoms with Crippen LogP contribution in [-0.2, 0) is 0 Å². The zero-order valence-corrected chi connectivity index (χ0v) is 4.98. The van der Waals surface area contributed by atoms with Gasteiger partial charge in [-0.25, -0.2) is 5.48 Å². The molecule has 1 aromatic rings. The molecule has 0 fully saturated rings. The highest BCUT2D eigenvalue weighted by Gasteiger charge is 2.05. The maximum atomic E-state index is 4.92. The van der Waals surface area contributed by atoms with Crippen molar-refractivity contribution in [2.24, 2.45) is 0 Å². The first-order valence-electron chi connectivity index (χ1n) is 2.74. The fourth-order valence-corrected chi connectivity index (χ4v) is 0.672. The lowest BCUT2D eigenvalue weighted by Crippen LogP contribution is -2.15. The molecule has 1 aliphatic rings. The van der Waals surface area contributed by atoms with Gasteiger partial charge in [-0.15, -0.1) is 10.2 Å². The van der Waals surface area contributed by atoms with Crippen molar-refractivity contribution < 1.29 is 4.84 Å². The number of hydroxylamine groups is 1. The predicted octanol–water partition coefficient (Wildman–Crippen LogP) is -0.261. The third-order valence-corrected chi connectivity index (χ3v) is 1.11. The Balaban J connectivity index is 2.54. The lowest BCUT2D eigenvalue weighted by molar-refractivity contribution is 0.235. The summed E-state index contributed by atoms with van der Waals surface area (Å²) in [7, 11) is 0. The molecular formula is C5H4N4O. The van der Waals surface area contributed by atoms with E-state index in [1.807, 2.05) is 0 Å². The minimum atomic E-state index is 0.595. The number of fused-ring (bicyclic) bond motifs is 1. The van der Waals surface area contributed by atoms with Crippen LogP contribution in [0.1, 0.15) is 5.69 Å². The van der Waals surface area contributed by atoms with E-state index in [4.69, 9.17) is 4.84 Å². The first kappa shape index (κ1) is 5.16. The van der Waals surface area contributed by atoms with Crippen LogP contribution in [0.15, 0.2) is 12.4 Å². The van der Waals surface area contributed by atoms with Crippen molar-refractivity contribution in [3.63, 3.8) is 0 Å². The molecule has 5 heteroatoms. The van der Waals surface area contributed by atoms with E-state index in [1.165, 1.54) is 6.20 Å². The standard InChI is InChI=1S/C5H4N4O/c1-2-7-10-5-3-6-9-8-4(1)5/h1-3,7H. The molecule has 0 bridgehead atoms. The maximum Gasteiger partial charge on any atom is 0.202 e. The Bertz CT molecular complexity index is 272. The van der Waals surface area contributed by atoms with Crippen molar-refractivity contribution >= 4 is 6.08 Å². The van der Waals surface area contributed by atoms with Crippen LogP contribution in [0, 0.1) is 0 Å². The molecule has 0 atom stereocenters. The van der Waals surface area contributed by atoms with E-state index < -0.39 is 0 Å². The van der Waals surface area contributed by atoms with E-state index in [-0.39, 0.29) is 0 Å². The molecule has 1 aliphatic heterocycles. The Morgan fingerprint density at radius 1 is 1.50 bits per heavy atom. The van der Waals surface area contributed by atoms with Gasteiger partial charge in [0.15, 0.2) is 0 Å². The smallest absolute Gasteiger partial charge is 0.202 e. The third-order valence-electron chi connectivity index (χ3n) is 1.11. The first-order valence-corrected chi connectivity index (χ1v) is 2.74. The van der Waals surface area contributed by atoms with Gasteiger partial charge in [0.1, 0.15) is 5.69 Å². The molecule has 0 saturated carbocycles. The molecule has 2 rings (SSSR count). The van der Waals surface area contributed by atoms with Gasteiger partial charge in [0.05, 0.1) is 6.20 Å². The summed E-state index contributed by atoms with van der Waals surface area (Å²) in [5, 5.41) is 10.7. The second kappa shape index (κ2) is 1.94. The summed E-state index contributed by atoms with van der Waals surface area (Å²) in [5.74, 6) is 0.595. The lowest BCUT2D eigenvalue weighted by Gasteiger charge is -2.08. The summed E-state index contributed by atoms with van der Waals surface area (Å²) in [6.07, 6.45) is 4.89. The second-order valence-corrected chi connectivity index (χ2v) is 1.74. The van der Waals surface area contributed by atoms with E-state index >= 15 is 0 Å². The Labute approximate surface area is 56.7 Å². The van der Waals surface area contributed by atoms with Crippen LogP contribution in [0.25, 0.3) is 6.08 Å². The fraction of sp³-hybridized carbons (Fsp3) is 0. The van der Waals surface area contributed by atoms with Gasteiger partial charge in [0.2, 0.25) is 5.75 Å². The second-order valence-electron chi connectivity index (χ2n) is 1.74. The molecule has 50 valence electrons. The van der Waals surface area contributed by atoms with E-state index in [9.17, 15) is 0 Å². The van der Waals surface area contributed by atoms with Gasteiger partial charge < -0.3 is 4.84 Å². The number of rotatable bonds is 0. The quantitative estimate of drug-likeness (QED) is 0.532. The summed E-state index contributed by atoms with van der Waals surface area (Å²) < 4.78 is 0. The number of nitrogens with one attached hydrogen (secondary N) is 1. The van der Waals surface area contributed by atoms with E-state index in [0.29, 0.717) is 11.4 Å². The summed E-state index contributed by atoms with van der Waals surface area (Å²) in [5.41, 5.74) is 3.24. The summed E-state index contributed by atoms with van der Waals surface area (Å²) in [6, 6.07) is 0. The Morgan fingerprint density at radius 2 is 2.50 bits per heavy atom. The Morgan fingerprint density at radius 3 is 3.40 bits per heavy atom. The lowest BCUT2D eigenvalue weighted by atomic mass is 10.4. The van der Waals surface area contributed by atoms with Crippen LogP contribution in [0.4, 0.5) is 0 Å². The number of aromatic nitrogens is 3. The summed E-state index contributed by atoms with van der Waals surface area (Å²) >= 11 is 0. The van der Waals surface area contributed by atoms with E-state index in [0.717, 1.165) is 0 Å². The Kier molecular flexibility index (Phi) is 1.00. The van der Waals surface area contributed by atoms with Crippen molar-refractivity contribution in [1.29, 1.82) is 0 Å². The maximum absolute atomic E-state index is 4.92. The average Bonchev–Trinajstić information content (AvgIpc) is 2.05.